The van der Waals surface area contributed by atoms with Crippen molar-refractivity contribution >= 4 is 6.08 Å². The average molecular weight is 269 g/mol. The molecule has 1 saturated carbocycles. The highest BCUT2D eigenvalue weighted by atomic mass is 14.9. The summed E-state index contributed by atoms with van der Waals surface area (Å²) >= 11 is 0. The van der Waals surface area contributed by atoms with Crippen molar-refractivity contribution < 1.29 is 0 Å². The highest BCUT2D eigenvalue weighted by Crippen LogP contribution is 2.31. The molecule has 2 atom stereocenters. The molecule has 0 spiro atoms. The summed E-state index contributed by atoms with van der Waals surface area (Å²) in [7, 11) is 0. The van der Waals surface area contributed by atoms with Crippen molar-refractivity contribution in [2.24, 2.45) is 11.8 Å². The number of allylic oxidation sites excluding steroid dienone is 1. The molecule has 108 valence electrons. The molecular formula is C19H27N. The predicted octanol–water partition coefficient (Wildman–Crippen LogP) is 5.02. The lowest BCUT2D eigenvalue weighted by molar-refractivity contribution is 0.228. The Hall–Kier alpha value is -1.50. The summed E-state index contributed by atoms with van der Waals surface area (Å²) in [6, 6.07) is 10.4. The molecule has 1 nitrogen and oxygen atoms in total. The van der Waals surface area contributed by atoms with Gasteiger partial charge in [0.05, 0.1) is 0 Å². The molecule has 1 fully saturated rings. The number of nitrogens with one attached hydrogen (secondary N) is 1. The Balaban J connectivity index is 1.78. The van der Waals surface area contributed by atoms with Crippen LogP contribution in [0.3, 0.4) is 0 Å². The molecule has 0 aliphatic heterocycles. The molecule has 0 bridgehead atoms. The molecular weight excluding hydrogens is 242 g/mol. The molecule has 0 amide bonds. The van der Waals surface area contributed by atoms with E-state index in [4.69, 9.17) is 0 Å². The quantitative estimate of drug-likeness (QED) is 0.715. The van der Waals surface area contributed by atoms with Crippen molar-refractivity contribution in [2.75, 3.05) is 6.54 Å². The maximum absolute atomic E-state index is 4.11. The van der Waals surface area contributed by atoms with Gasteiger partial charge in [0, 0.05) is 12.2 Å². The lowest BCUT2D eigenvalue weighted by Gasteiger charge is -2.31. The van der Waals surface area contributed by atoms with E-state index < -0.39 is 0 Å². The highest BCUT2D eigenvalue weighted by Gasteiger charge is 2.22. The summed E-state index contributed by atoms with van der Waals surface area (Å²) in [5.41, 5.74) is 2.24. The van der Waals surface area contributed by atoms with Crippen molar-refractivity contribution in [2.45, 2.75) is 39.0 Å². The molecule has 1 N–H and O–H groups in total. The molecule has 2 unspecified atom stereocenters. The van der Waals surface area contributed by atoms with Crippen molar-refractivity contribution in [1.82, 2.24) is 5.32 Å². The molecule has 2 rings (SSSR count). The fraction of sp³-hybridized carbons (Fsp3) is 0.474. The van der Waals surface area contributed by atoms with Crippen LogP contribution in [0.25, 0.3) is 6.08 Å². The molecule has 0 heterocycles. The summed E-state index contributed by atoms with van der Waals surface area (Å²) in [5, 5.41) is 3.51. The van der Waals surface area contributed by atoms with Crippen molar-refractivity contribution in [3.05, 3.63) is 54.2 Å². The third-order valence-corrected chi connectivity index (χ3v) is 4.46. The lowest BCUT2D eigenvalue weighted by Crippen LogP contribution is -2.29. The Morgan fingerprint density at radius 2 is 1.90 bits per heavy atom. The van der Waals surface area contributed by atoms with Gasteiger partial charge in [-0.15, -0.1) is 0 Å². The third-order valence-electron chi connectivity index (χ3n) is 4.46. The minimum atomic E-state index is 0.829. The second-order valence-electron chi connectivity index (χ2n) is 5.86. The summed E-state index contributed by atoms with van der Waals surface area (Å²) in [6.07, 6.45) is 11.1. The van der Waals surface area contributed by atoms with E-state index in [1.165, 1.54) is 37.7 Å². The molecule has 0 saturated heterocycles. The van der Waals surface area contributed by atoms with Crippen molar-refractivity contribution in [3.63, 3.8) is 0 Å². The van der Waals surface area contributed by atoms with Crippen LogP contribution in [0, 0.1) is 11.8 Å². The first kappa shape index (κ1) is 14.9. The van der Waals surface area contributed by atoms with E-state index in [1.807, 2.05) is 6.07 Å². The zero-order valence-electron chi connectivity index (χ0n) is 12.6. The molecule has 20 heavy (non-hydrogen) atoms. The third kappa shape index (κ3) is 4.56. The van der Waals surface area contributed by atoms with Gasteiger partial charge < -0.3 is 5.32 Å². The Bertz CT molecular complexity index is 432. The first-order valence-corrected chi connectivity index (χ1v) is 7.95. The van der Waals surface area contributed by atoms with E-state index in [0.29, 0.717) is 0 Å². The average Bonchev–Trinajstić information content (AvgIpc) is 2.52. The first-order chi connectivity index (χ1) is 9.79. The van der Waals surface area contributed by atoms with Crippen LogP contribution in [0.5, 0.6) is 0 Å². The van der Waals surface area contributed by atoms with E-state index in [0.717, 1.165) is 24.1 Å². The van der Waals surface area contributed by atoms with Gasteiger partial charge in [-0.2, -0.15) is 0 Å². The fourth-order valence-electron chi connectivity index (χ4n) is 3.17. The van der Waals surface area contributed by atoms with Crippen LogP contribution in [0.2, 0.25) is 0 Å². The second kappa shape index (κ2) is 7.94. The topological polar surface area (TPSA) is 12.0 Å². The van der Waals surface area contributed by atoms with Gasteiger partial charge in [0.1, 0.15) is 0 Å². The van der Waals surface area contributed by atoms with Gasteiger partial charge in [-0.1, -0.05) is 75.6 Å². The van der Waals surface area contributed by atoms with E-state index in [-0.39, 0.29) is 0 Å². The zero-order chi connectivity index (χ0) is 14.2. The molecule has 1 aliphatic carbocycles. The minimum Gasteiger partial charge on any atom is -0.385 e. The second-order valence-corrected chi connectivity index (χ2v) is 5.86. The van der Waals surface area contributed by atoms with Crippen LogP contribution < -0.4 is 5.32 Å². The van der Waals surface area contributed by atoms with Crippen LogP contribution in [0.15, 0.2) is 48.7 Å². The number of hydrogen-bond donors (Lipinski definition) is 1. The van der Waals surface area contributed by atoms with Gasteiger partial charge >= 0.3 is 0 Å². The van der Waals surface area contributed by atoms with E-state index in [2.05, 4.69) is 55.2 Å². The fourth-order valence-corrected chi connectivity index (χ4v) is 3.17. The highest BCUT2D eigenvalue weighted by molar-refractivity contribution is 5.51. The van der Waals surface area contributed by atoms with Crippen molar-refractivity contribution in [1.29, 1.82) is 0 Å². The first-order valence-electron chi connectivity index (χ1n) is 7.95. The van der Waals surface area contributed by atoms with E-state index in [1.54, 1.807) is 0 Å². The Morgan fingerprint density at radius 1 is 1.20 bits per heavy atom. The molecule has 0 aromatic heterocycles. The number of rotatable bonds is 6. The largest absolute Gasteiger partial charge is 0.385 e. The number of hydrogen-bond acceptors (Lipinski definition) is 1. The smallest absolute Gasteiger partial charge is 0.0267 e. The molecule has 1 aliphatic rings. The maximum atomic E-state index is 4.11. The Labute approximate surface area is 123 Å². The summed E-state index contributed by atoms with van der Waals surface area (Å²) in [4.78, 5) is 0. The van der Waals surface area contributed by atoms with Gasteiger partial charge in [-0.3, -0.25) is 0 Å². The van der Waals surface area contributed by atoms with Crippen LogP contribution in [0.1, 0.15) is 44.6 Å². The Kier molecular flexibility index (Phi) is 5.91. The minimum absolute atomic E-state index is 0.829. The van der Waals surface area contributed by atoms with Gasteiger partial charge in [-0.05, 0) is 29.9 Å². The standard InChI is InChI=1S/C19H27N/c1-3-18-11-7-8-12-19(18)15-20-16(2)13-14-17-9-5-4-6-10-17/h4-6,9-10,13-14,18-20H,2-3,7-8,11-12,15H2,1H3/b14-13+. The van der Waals surface area contributed by atoms with Crippen LogP contribution >= 0.6 is 0 Å². The van der Waals surface area contributed by atoms with Gasteiger partial charge in [0.2, 0.25) is 0 Å². The monoisotopic (exact) mass is 269 g/mol. The number of benzene rings is 1. The van der Waals surface area contributed by atoms with E-state index >= 15 is 0 Å². The Morgan fingerprint density at radius 3 is 2.60 bits per heavy atom. The summed E-state index contributed by atoms with van der Waals surface area (Å²) < 4.78 is 0. The van der Waals surface area contributed by atoms with Gasteiger partial charge in [0.25, 0.3) is 0 Å². The van der Waals surface area contributed by atoms with Crippen LogP contribution in [-0.2, 0) is 0 Å². The SMILES string of the molecule is C=C(/C=C/c1ccccc1)NCC1CCCCC1CC. The lowest BCUT2D eigenvalue weighted by atomic mass is 9.78. The maximum Gasteiger partial charge on any atom is 0.0267 e. The summed E-state index contributed by atoms with van der Waals surface area (Å²) in [5.74, 6) is 1.73. The van der Waals surface area contributed by atoms with Gasteiger partial charge in [0.15, 0.2) is 0 Å². The molecule has 1 aromatic carbocycles. The molecule has 0 radical (unpaired) electrons. The zero-order valence-corrected chi connectivity index (χ0v) is 12.6. The van der Waals surface area contributed by atoms with Crippen LogP contribution in [-0.4, -0.2) is 6.54 Å². The van der Waals surface area contributed by atoms with Crippen LogP contribution in [0.4, 0.5) is 0 Å². The molecule has 1 heteroatoms. The normalized spacial score (nSPS) is 22.9. The summed E-state index contributed by atoms with van der Waals surface area (Å²) in [6.45, 7) is 7.51. The molecule has 1 aromatic rings. The van der Waals surface area contributed by atoms with Crippen molar-refractivity contribution in [3.8, 4) is 0 Å². The predicted molar refractivity (Wildman–Crippen MR) is 88.4 cm³/mol. The van der Waals surface area contributed by atoms with E-state index in [9.17, 15) is 0 Å². The van der Waals surface area contributed by atoms with Gasteiger partial charge in [-0.25, -0.2) is 0 Å².